The second-order valence-corrected chi connectivity index (χ2v) is 6.14. The summed E-state index contributed by atoms with van der Waals surface area (Å²) in [5, 5.41) is 2.97. The fourth-order valence-electron chi connectivity index (χ4n) is 2.02. The average molecular weight is 326 g/mol. The Bertz CT molecular complexity index is 466. The minimum absolute atomic E-state index is 0.144. The van der Waals surface area contributed by atoms with Crippen LogP contribution in [-0.2, 0) is 9.53 Å². The first-order valence-electron chi connectivity index (χ1n) is 6.47. The van der Waals surface area contributed by atoms with Gasteiger partial charge in [-0.15, -0.1) is 0 Å². The lowest BCUT2D eigenvalue weighted by Gasteiger charge is -2.41. The normalized spacial score (nSPS) is 20.5. The van der Waals surface area contributed by atoms with E-state index in [-0.39, 0.29) is 11.8 Å². The highest BCUT2D eigenvalue weighted by molar-refractivity contribution is 9.10. The second-order valence-electron chi connectivity index (χ2n) is 5.22. The highest BCUT2D eigenvalue weighted by atomic mass is 79.9. The van der Waals surface area contributed by atoms with Gasteiger partial charge in [-0.3, -0.25) is 4.79 Å². The van der Waals surface area contributed by atoms with Crippen molar-refractivity contribution in [2.45, 2.75) is 18.4 Å². The minimum atomic E-state index is -0.404. The van der Waals surface area contributed by atoms with Crippen LogP contribution in [0.4, 0.5) is 0 Å². The number of nitrogens with one attached hydrogen (secondary N) is 1. The summed E-state index contributed by atoms with van der Waals surface area (Å²) in [5.41, 5.74) is -0.404. The lowest BCUT2D eigenvalue weighted by atomic mass is 10.0. The van der Waals surface area contributed by atoms with Crippen molar-refractivity contribution in [1.29, 1.82) is 0 Å². The zero-order valence-electron chi connectivity index (χ0n) is 10.5. The molecule has 1 aliphatic heterocycles. The topological polar surface area (TPSA) is 47.6 Å². The first-order chi connectivity index (χ1) is 9.17. The minimum Gasteiger partial charge on any atom is -0.481 e. The van der Waals surface area contributed by atoms with Crippen LogP contribution in [0.2, 0.25) is 0 Å². The van der Waals surface area contributed by atoms with E-state index in [1.54, 1.807) is 0 Å². The van der Waals surface area contributed by atoms with E-state index >= 15 is 0 Å². The Morgan fingerprint density at radius 1 is 1.37 bits per heavy atom. The molecule has 1 amide bonds. The molecule has 4 nitrogen and oxygen atoms in total. The van der Waals surface area contributed by atoms with Crippen molar-refractivity contribution < 1.29 is 14.3 Å². The van der Waals surface area contributed by atoms with Crippen molar-refractivity contribution in [2.24, 2.45) is 5.92 Å². The molecule has 1 aliphatic carbocycles. The number of carbonyl (C=O) groups excluding carboxylic acids is 1. The predicted octanol–water partition coefficient (Wildman–Crippen LogP) is 2.12. The Balaban J connectivity index is 1.58. The van der Waals surface area contributed by atoms with Crippen LogP contribution in [0, 0.1) is 5.92 Å². The summed E-state index contributed by atoms with van der Waals surface area (Å²) in [6, 6.07) is 7.69. The molecule has 3 rings (SSSR count). The number of carbonyl (C=O) groups is 1. The Hall–Kier alpha value is -1.07. The van der Waals surface area contributed by atoms with E-state index in [0.717, 1.165) is 23.1 Å². The third kappa shape index (κ3) is 3.09. The summed E-state index contributed by atoms with van der Waals surface area (Å²) in [5.74, 6) is 1.17. The summed E-state index contributed by atoms with van der Waals surface area (Å²) in [6.07, 6.45) is 2.03. The van der Waals surface area contributed by atoms with Crippen LogP contribution in [0.3, 0.4) is 0 Å². The molecule has 19 heavy (non-hydrogen) atoms. The maximum atomic E-state index is 11.7. The van der Waals surface area contributed by atoms with Crippen LogP contribution in [-0.4, -0.2) is 31.3 Å². The van der Waals surface area contributed by atoms with Crippen LogP contribution < -0.4 is 10.1 Å². The fourth-order valence-corrected chi connectivity index (χ4v) is 2.28. The molecular formula is C14H16BrNO3. The highest BCUT2D eigenvalue weighted by Crippen LogP contribution is 2.30. The summed E-state index contributed by atoms with van der Waals surface area (Å²) in [7, 11) is 0. The van der Waals surface area contributed by atoms with Gasteiger partial charge in [0.15, 0.2) is 5.60 Å². The summed E-state index contributed by atoms with van der Waals surface area (Å²) in [6.45, 7) is 1.56. The van der Waals surface area contributed by atoms with Gasteiger partial charge in [0.1, 0.15) is 5.75 Å². The maximum Gasteiger partial charge on any atom is 0.223 e. The Kier molecular flexibility index (Phi) is 3.50. The Labute approximate surface area is 120 Å². The van der Waals surface area contributed by atoms with Gasteiger partial charge < -0.3 is 14.8 Å². The van der Waals surface area contributed by atoms with Gasteiger partial charge in [0, 0.05) is 10.4 Å². The second kappa shape index (κ2) is 5.13. The number of amides is 1. The number of hydrogen-bond donors (Lipinski definition) is 1. The number of hydrogen-bond acceptors (Lipinski definition) is 3. The lowest BCUT2D eigenvalue weighted by Crippen LogP contribution is -2.61. The Morgan fingerprint density at radius 3 is 2.58 bits per heavy atom. The van der Waals surface area contributed by atoms with Crippen LogP contribution in [0.25, 0.3) is 0 Å². The average Bonchev–Trinajstić information content (AvgIpc) is 3.18. The van der Waals surface area contributed by atoms with Crippen molar-refractivity contribution in [3.8, 4) is 5.75 Å². The van der Waals surface area contributed by atoms with Gasteiger partial charge in [0.2, 0.25) is 5.91 Å². The molecule has 1 aromatic rings. The first-order valence-corrected chi connectivity index (χ1v) is 7.26. The van der Waals surface area contributed by atoms with Crippen LogP contribution >= 0.6 is 15.9 Å². The van der Waals surface area contributed by atoms with Crippen LogP contribution in [0.15, 0.2) is 28.7 Å². The molecule has 1 aromatic carbocycles. The zero-order valence-corrected chi connectivity index (χ0v) is 12.1. The zero-order chi connectivity index (χ0) is 13.3. The van der Waals surface area contributed by atoms with Crippen LogP contribution in [0.5, 0.6) is 5.75 Å². The summed E-state index contributed by atoms with van der Waals surface area (Å²) in [4.78, 5) is 11.7. The summed E-state index contributed by atoms with van der Waals surface area (Å²) >= 11 is 3.39. The molecule has 0 unspecified atom stereocenters. The monoisotopic (exact) mass is 325 g/mol. The predicted molar refractivity (Wildman–Crippen MR) is 74.1 cm³/mol. The molecule has 0 radical (unpaired) electrons. The molecule has 2 fully saturated rings. The fraction of sp³-hybridized carbons (Fsp3) is 0.500. The molecular weight excluding hydrogens is 310 g/mol. The maximum absolute atomic E-state index is 11.7. The molecule has 2 aliphatic rings. The largest absolute Gasteiger partial charge is 0.481 e. The Morgan fingerprint density at radius 2 is 2.05 bits per heavy atom. The van der Waals surface area contributed by atoms with Crippen molar-refractivity contribution in [2.75, 3.05) is 19.8 Å². The van der Waals surface area contributed by atoms with E-state index in [9.17, 15) is 4.79 Å². The quantitative estimate of drug-likeness (QED) is 0.902. The van der Waals surface area contributed by atoms with Gasteiger partial charge in [0.05, 0.1) is 19.8 Å². The van der Waals surface area contributed by atoms with Crippen molar-refractivity contribution in [3.05, 3.63) is 28.7 Å². The van der Waals surface area contributed by atoms with E-state index in [1.165, 1.54) is 0 Å². The SMILES string of the molecule is O=C(NCC1(Oc2ccc(Br)cc2)COC1)C1CC1. The number of halogens is 1. The van der Waals surface area contributed by atoms with Gasteiger partial charge in [-0.1, -0.05) is 15.9 Å². The van der Waals surface area contributed by atoms with Crippen LogP contribution in [0.1, 0.15) is 12.8 Å². The molecule has 1 saturated carbocycles. The lowest BCUT2D eigenvalue weighted by molar-refractivity contribution is -0.161. The molecule has 0 aromatic heterocycles. The molecule has 1 saturated heterocycles. The molecule has 102 valence electrons. The number of ether oxygens (including phenoxy) is 2. The van der Waals surface area contributed by atoms with Gasteiger partial charge in [-0.05, 0) is 37.1 Å². The number of benzene rings is 1. The third-order valence-electron chi connectivity index (χ3n) is 3.41. The molecule has 0 spiro atoms. The van der Waals surface area contributed by atoms with Gasteiger partial charge >= 0.3 is 0 Å². The molecule has 1 N–H and O–H groups in total. The van der Waals surface area contributed by atoms with Gasteiger partial charge in [-0.25, -0.2) is 0 Å². The van der Waals surface area contributed by atoms with E-state index in [4.69, 9.17) is 9.47 Å². The van der Waals surface area contributed by atoms with E-state index in [2.05, 4.69) is 21.2 Å². The molecule has 5 heteroatoms. The van der Waals surface area contributed by atoms with E-state index in [1.807, 2.05) is 24.3 Å². The molecule has 1 heterocycles. The van der Waals surface area contributed by atoms with Crippen molar-refractivity contribution in [1.82, 2.24) is 5.32 Å². The van der Waals surface area contributed by atoms with Crippen molar-refractivity contribution >= 4 is 21.8 Å². The summed E-state index contributed by atoms with van der Waals surface area (Å²) < 4.78 is 12.3. The van der Waals surface area contributed by atoms with E-state index < -0.39 is 5.60 Å². The third-order valence-corrected chi connectivity index (χ3v) is 3.94. The first kappa shape index (κ1) is 12.9. The smallest absolute Gasteiger partial charge is 0.223 e. The van der Waals surface area contributed by atoms with Crippen molar-refractivity contribution in [3.63, 3.8) is 0 Å². The van der Waals surface area contributed by atoms with E-state index in [0.29, 0.717) is 19.8 Å². The highest BCUT2D eigenvalue weighted by Gasteiger charge is 2.42. The van der Waals surface area contributed by atoms with Gasteiger partial charge in [0.25, 0.3) is 0 Å². The molecule has 0 atom stereocenters. The molecule has 0 bridgehead atoms. The number of rotatable bonds is 5. The standard InChI is InChI=1S/C14H16BrNO3/c15-11-3-5-12(6-4-11)19-14(8-18-9-14)7-16-13(17)10-1-2-10/h3-6,10H,1-2,7-9H2,(H,16,17). The van der Waals surface area contributed by atoms with Gasteiger partial charge in [-0.2, -0.15) is 0 Å².